The van der Waals surface area contributed by atoms with E-state index < -0.39 is 0 Å². The first-order valence-electron chi connectivity index (χ1n) is 8.81. The number of aromatic nitrogens is 2. The third kappa shape index (κ3) is 3.01. The molecule has 2 aromatic heterocycles. The zero-order chi connectivity index (χ0) is 17.2. The van der Waals surface area contributed by atoms with Crippen molar-refractivity contribution in [3.05, 3.63) is 53.9 Å². The molecule has 0 saturated carbocycles. The van der Waals surface area contributed by atoms with E-state index in [1.54, 1.807) is 7.11 Å². The van der Waals surface area contributed by atoms with Crippen LogP contribution in [0.2, 0.25) is 0 Å². The Labute approximate surface area is 148 Å². The van der Waals surface area contributed by atoms with Crippen LogP contribution < -0.4 is 10.1 Å². The lowest BCUT2D eigenvalue weighted by atomic mass is 10.1. The predicted molar refractivity (Wildman–Crippen MR) is 100 cm³/mol. The molecule has 5 nitrogen and oxygen atoms in total. The van der Waals surface area contributed by atoms with E-state index in [0.29, 0.717) is 0 Å². The SMILES string of the molecule is COc1ccccc1-c1nc2c(C)cccn2c1CN1CCNCC1. The van der Waals surface area contributed by atoms with E-state index in [-0.39, 0.29) is 0 Å². The first-order chi connectivity index (χ1) is 12.3. The van der Waals surface area contributed by atoms with Crippen LogP contribution in [0.3, 0.4) is 0 Å². The van der Waals surface area contributed by atoms with Crippen LogP contribution in [0.5, 0.6) is 5.75 Å². The predicted octanol–water partition coefficient (Wildman–Crippen LogP) is 2.72. The Kier molecular flexibility index (Phi) is 4.42. The van der Waals surface area contributed by atoms with E-state index in [1.165, 1.54) is 11.3 Å². The Balaban J connectivity index is 1.87. The van der Waals surface area contributed by atoms with E-state index in [2.05, 4.69) is 45.9 Å². The fourth-order valence-electron chi connectivity index (χ4n) is 3.54. The number of nitrogens with one attached hydrogen (secondary N) is 1. The van der Waals surface area contributed by atoms with Gasteiger partial charge in [0.15, 0.2) is 0 Å². The van der Waals surface area contributed by atoms with E-state index in [0.717, 1.165) is 55.4 Å². The fraction of sp³-hybridized carbons (Fsp3) is 0.350. The number of benzene rings is 1. The first kappa shape index (κ1) is 16.1. The summed E-state index contributed by atoms with van der Waals surface area (Å²) in [6, 6.07) is 12.3. The molecule has 130 valence electrons. The number of fused-ring (bicyclic) bond motifs is 1. The molecular formula is C20H24N4O. The minimum atomic E-state index is 0.866. The van der Waals surface area contributed by atoms with Crippen molar-refractivity contribution in [2.24, 2.45) is 0 Å². The Hall–Kier alpha value is -2.37. The van der Waals surface area contributed by atoms with Crippen LogP contribution in [0.15, 0.2) is 42.6 Å². The van der Waals surface area contributed by atoms with Crippen molar-refractivity contribution in [2.45, 2.75) is 13.5 Å². The standard InChI is InChI=1S/C20H24N4O/c1-15-6-5-11-24-17(14-23-12-9-21-10-13-23)19(22-20(15)24)16-7-3-4-8-18(16)25-2/h3-8,11,21H,9-10,12-14H2,1-2H3. The third-order valence-corrected chi connectivity index (χ3v) is 4.89. The number of imidazole rings is 1. The average molecular weight is 336 g/mol. The number of para-hydroxylation sites is 1. The second-order valence-corrected chi connectivity index (χ2v) is 6.52. The Morgan fingerprint density at radius 1 is 1.12 bits per heavy atom. The Morgan fingerprint density at radius 3 is 2.72 bits per heavy atom. The lowest BCUT2D eigenvalue weighted by Crippen LogP contribution is -2.43. The maximum atomic E-state index is 5.60. The summed E-state index contributed by atoms with van der Waals surface area (Å²) in [5.74, 6) is 0.866. The molecule has 4 rings (SSSR count). The number of ether oxygens (including phenoxy) is 1. The summed E-state index contributed by atoms with van der Waals surface area (Å²) < 4.78 is 7.83. The minimum Gasteiger partial charge on any atom is -0.496 e. The van der Waals surface area contributed by atoms with Gasteiger partial charge in [-0.15, -0.1) is 0 Å². The minimum absolute atomic E-state index is 0.866. The molecule has 0 atom stereocenters. The van der Waals surface area contributed by atoms with Gasteiger partial charge in [0.25, 0.3) is 0 Å². The van der Waals surface area contributed by atoms with Gasteiger partial charge in [-0.2, -0.15) is 0 Å². The molecule has 3 heterocycles. The number of piperazine rings is 1. The maximum Gasteiger partial charge on any atom is 0.140 e. The van der Waals surface area contributed by atoms with E-state index in [1.807, 2.05) is 18.2 Å². The van der Waals surface area contributed by atoms with Crippen LogP contribution in [-0.2, 0) is 6.54 Å². The van der Waals surface area contributed by atoms with E-state index >= 15 is 0 Å². The number of hydrogen-bond donors (Lipinski definition) is 1. The summed E-state index contributed by atoms with van der Waals surface area (Å²) in [7, 11) is 1.72. The normalized spacial score (nSPS) is 15.6. The van der Waals surface area contributed by atoms with Crippen LogP contribution >= 0.6 is 0 Å². The van der Waals surface area contributed by atoms with Crippen molar-refractivity contribution in [3.63, 3.8) is 0 Å². The van der Waals surface area contributed by atoms with Crippen LogP contribution in [0.25, 0.3) is 16.9 Å². The molecule has 1 aliphatic heterocycles. The van der Waals surface area contributed by atoms with Gasteiger partial charge in [-0.1, -0.05) is 18.2 Å². The van der Waals surface area contributed by atoms with Crippen molar-refractivity contribution in [1.82, 2.24) is 19.6 Å². The molecule has 0 unspecified atom stereocenters. The summed E-state index contributed by atoms with van der Waals surface area (Å²) >= 11 is 0. The topological polar surface area (TPSA) is 41.8 Å². The summed E-state index contributed by atoms with van der Waals surface area (Å²) in [5, 5.41) is 3.42. The molecule has 0 spiro atoms. The van der Waals surface area contributed by atoms with E-state index in [9.17, 15) is 0 Å². The molecule has 0 radical (unpaired) electrons. The van der Waals surface area contributed by atoms with Gasteiger partial charge in [0.05, 0.1) is 18.5 Å². The molecule has 3 aromatic rings. The first-order valence-corrected chi connectivity index (χ1v) is 8.81. The Bertz CT molecular complexity index is 881. The van der Waals surface area contributed by atoms with Crippen LogP contribution in [0.4, 0.5) is 0 Å². The second kappa shape index (κ2) is 6.86. The number of hydrogen-bond acceptors (Lipinski definition) is 4. The van der Waals surface area contributed by atoms with Gasteiger partial charge in [-0.05, 0) is 30.7 Å². The zero-order valence-electron chi connectivity index (χ0n) is 14.8. The summed E-state index contributed by atoms with van der Waals surface area (Å²) in [4.78, 5) is 7.48. The summed E-state index contributed by atoms with van der Waals surface area (Å²) in [6.45, 7) is 7.21. The zero-order valence-corrected chi connectivity index (χ0v) is 14.8. The molecular weight excluding hydrogens is 312 g/mol. The van der Waals surface area contributed by atoms with Crippen LogP contribution in [0.1, 0.15) is 11.3 Å². The van der Waals surface area contributed by atoms with Crippen molar-refractivity contribution >= 4 is 5.65 Å². The molecule has 0 amide bonds. The average Bonchev–Trinajstić information content (AvgIpc) is 3.02. The molecule has 1 N–H and O–H groups in total. The monoisotopic (exact) mass is 336 g/mol. The largest absolute Gasteiger partial charge is 0.496 e. The van der Waals surface area contributed by atoms with Gasteiger partial charge in [-0.3, -0.25) is 4.90 Å². The maximum absolute atomic E-state index is 5.60. The lowest BCUT2D eigenvalue weighted by Gasteiger charge is -2.27. The quantitative estimate of drug-likeness (QED) is 0.795. The Morgan fingerprint density at radius 2 is 1.92 bits per heavy atom. The third-order valence-electron chi connectivity index (χ3n) is 4.89. The number of aryl methyl sites for hydroxylation is 1. The number of methoxy groups -OCH3 is 1. The smallest absolute Gasteiger partial charge is 0.140 e. The van der Waals surface area contributed by atoms with Gasteiger partial charge >= 0.3 is 0 Å². The van der Waals surface area contributed by atoms with Crippen LogP contribution in [0, 0.1) is 6.92 Å². The van der Waals surface area contributed by atoms with Gasteiger partial charge in [-0.25, -0.2) is 4.98 Å². The van der Waals surface area contributed by atoms with E-state index in [4.69, 9.17) is 9.72 Å². The summed E-state index contributed by atoms with van der Waals surface area (Å²) in [6.07, 6.45) is 2.12. The lowest BCUT2D eigenvalue weighted by molar-refractivity contribution is 0.230. The molecule has 1 fully saturated rings. The molecule has 5 heteroatoms. The number of nitrogens with zero attached hydrogens (tertiary/aromatic N) is 3. The van der Waals surface area contributed by atoms with Crippen molar-refractivity contribution in [2.75, 3.05) is 33.3 Å². The molecule has 0 aliphatic carbocycles. The highest BCUT2D eigenvalue weighted by atomic mass is 16.5. The molecule has 1 saturated heterocycles. The van der Waals surface area contributed by atoms with Crippen molar-refractivity contribution in [1.29, 1.82) is 0 Å². The second-order valence-electron chi connectivity index (χ2n) is 6.52. The van der Waals surface area contributed by atoms with Gasteiger partial charge in [0.2, 0.25) is 0 Å². The molecule has 0 bridgehead atoms. The van der Waals surface area contributed by atoms with Crippen LogP contribution in [-0.4, -0.2) is 47.6 Å². The highest BCUT2D eigenvalue weighted by molar-refractivity contribution is 5.73. The molecule has 25 heavy (non-hydrogen) atoms. The highest BCUT2D eigenvalue weighted by Gasteiger charge is 2.21. The van der Waals surface area contributed by atoms with Gasteiger partial charge in [0, 0.05) is 44.5 Å². The molecule has 1 aliphatic rings. The number of rotatable bonds is 4. The highest BCUT2D eigenvalue weighted by Crippen LogP contribution is 2.33. The summed E-state index contributed by atoms with van der Waals surface area (Å²) in [5.41, 5.74) is 5.51. The van der Waals surface area contributed by atoms with Gasteiger partial charge < -0.3 is 14.5 Å². The number of pyridine rings is 1. The van der Waals surface area contributed by atoms with Crippen molar-refractivity contribution in [3.8, 4) is 17.0 Å². The van der Waals surface area contributed by atoms with Crippen molar-refractivity contribution < 1.29 is 4.74 Å². The van der Waals surface area contributed by atoms with Gasteiger partial charge in [0.1, 0.15) is 11.4 Å². The fourth-order valence-corrected chi connectivity index (χ4v) is 3.54. The molecule has 1 aromatic carbocycles.